The number of nitrogens with one attached hydrogen (secondary N) is 1. The Labute approximate surface area is 125 Å². The molecule has 1 saturated carbocycles. The SMILES string of the molecule is CCOC1CC(Nc2ccc3cc(N)ccc3n2)C1(C)C. The van der Waals surface area contributed by atoms with Gasteiger partial charge in [0.05, 0.1) is 11.6 Å². The van der Waals surface area contributed by atoms with Crippen molar-refractivity contribution in [3.05, 3.63) is 30.3 Å². The van der Waals surface area contributed by atoms with Gasteiger partial charge < -0.3 is 15.8 Å². The third-order valence-electron chi connectivity index (χ3n) is 4.58. The van der Waals surface area contributed by atoms with Crippen LogP contribution in [0.3, 0.4) is 0 Å². The van der Waals surface area contributed by atoms with Gasteiger partial charge in [0, 0.05) is 29.1 Å². The number of fused-ring (bicyclic) bond motifs is 1. The van der Waals surface area contributed by atoms with Crippen LogP contribution in [0.2, 0.25) is 0 Å². The van der Waals surface area contributed by atoms with E-state index in [1.807, 2.05) is 31.2 Å². The van der Waals surface area contributed by atoms with E-state index in [4.69, 9.17) is 10.5 Å². The van der Waals surface area contributed by atoms with Gasteiger partial charge in [-0.25, -0.2) is 4.98 Å². The van der Waals surface area contributed by atoms with Gasteiger partial charge in [-0.15, -0.1) is 0 Å². The van der Waals surface area contributed by atoms with Crippen molar-refractivity contribution >= 4 is 22.4 Å². The molecule has 0 spiro atoms. The minimum atomic E-state index is 0.133. The molecule has 0 amide bonds. The van der Waals surface area contributed by atoms with Gasteiger partial charge in [0.25, 0.3) is 0 Å². The van der Waals surface area contributed by atoms with Gasteiger partial charge in [0.1, 0.15) is 5.82 Å². The van der Waals surface area contributed by atoms with Crippen molar-refractivity contribution in [3.8, 4) is 0 Å². The fourth-order valence-corrected chi connectivity index (χ4v) is 3.02. The highest BCUT2D eigenvalue weighted by atomic mass is 16.5. The fourth-order valence-electron chi connectivity index (χ4n) is 3.02. The number of aromatic nitrogens is 1. The lowest BCUT2D eigenvalue weighted by Crippen LogP contribution is -2.58. The molecule has 4 nitrogen and oxygen atoms in total. The molecule has 0 saturated heterocycles. The average Bonchev–Trinajstić information content (AvgIpc) is 2.46. The van der Waals surface area contributed by atoms with Crippen molar-refractivity contribution in [2.24, 2.45) is 5.41 Å². The van der Waals surface area contributed by atoms with Crippen molar-refractivity contribution in [2.75, 3.05) is 17.7 Å². The molecule has 1 fully saturated rings. The van der Waals surface area contributed by atoms with Crippen LogP contribution < -0.4 is 11.1 Å². The molecule has 2 unspecified atom stereocenters. The van der Waals surface area contributed by atoms with Gasteiger partial charge in [0.15, 0.2) is 0 Å². The summed E-state index contributed by atoms with van der Waals surface area (Å²) in [5.41, 5.74) is 7.66. The molecule has 1 heterocycles. The molecule has 21 heavy (non-hydrogen) atoms. The van der Waals surface area contributed by atoms with E-state index in [0.29, 0.717) is 12.1 Å². The predicted molar refractivity (Wildman–Crippen MR) is 87.4 cm³/mol. The third kappa shape index (κ3) is 2.56. The van der Waals surface area contributed by atoms with Crippen LogP contribution in [-0.4, -0.2) is 23.7 Å². The fraction of sp³-hybridized carbons (Fsp3) is 0.471. The van der Waals surface area contributed by atoms with E-state index in [-0.39, 0.29) is 5.41 Å². The lowest BCUT2D eigenvalue weighted by atomic mass is 9.64. The maximum Gasteiger partial charge on any atom is 0.126 e. The second-order valence-corrected chi connectivity index (χ2v) is 6.35. The highest BCUT2D eigenvalue weighted by Gasteiger charge is 2.48. The maximum atomic E-state index is 5.80. The van der Waals surface area contributed by atoms with Crippen molar-refractivity contribution in [1.29, 1.82) is 0 Å². The van der Waals surface area contributed by atoms with E-state index in [2.05, 4.69) is 30.2 Å². The van der Waals surface area contributed by atoms with E-state index >= 15 is 0 Å². The van der Waals surface area contributed by atoms with Crippen molar-refractivity contribution < 1.29 is 4.74 Å². The Morgan fingerprint density at radius 2 is 2.14 bits per heavy atom. The van der Waals surface area contributed by atoms with Gasteiger partial charge in [-0.1, -0.05) is 13.8 Å². The summed E-state index contributed by atoms with van der Waals surface area (Å²) in [5.74, 6) is 0.917. The van der Waals surface area contributed by atoms with Crippen LogP contribution in [0.15, 0.2) is 30.3 Å². The minimum Gasteiger partial charge on any atom is -0.399 e. The number of benzene rings is 1. The Bertz CT molecular complexity index is 654. The number of hydrogen-bond acceptors (Lipinski definition) is 4. The number of ether oxygens (including phenoxy) is 1. The van der Waals surface area contributed by atoms with Crippen molar-refractivity contribution in [1.82, 2.24) is 4.98 Å². The lowest BCUT2D eigenvalue weighted by molar-refractivity contribution is -0.0976. The summed E-state index contributed by atoms with van der Waals surface area (Å²) in [6.45, 7) is 7.32. The molecule has 3 N–H and O–H groups in total. The molecule has 0 radical (unpaired) electrons. The molecule has 1 aliphatic carbocycles. The van der Waals surface area contributed by atoms with E-state index in [0.717, 1.165) is 35.4 Å². The molecule has 0 aliphatic heterocycles. The van der Waals surface area contributed by atoms with Gasteiger partial charge in [0.2, 0.25) is 0 Å². The number of rotatable bonds is 4. The zero-order valence-corrected chi connectivity index (χ0v) is 12.9. The number of nitrogens with zero attached hydrogens (tertiary/aromatic N) is 1. The first kappa shape index (κ1) is 14.1. The highest BCUT2D eigenvalue weighted by Crippen LogP contribution is 2.44. The summed E-state index contributed by atoms with van der Waals surface area (Å²) < 4.78 is 5.77. The summed E-state index contributed by atoms with van der Waals surface area (Å²) >= 11 is 0. The molecule has 1 aromatic carbocycles. The van der Waals surface area contributed by atoms with Crippen molar-refractivity contribution in [3.63, 3.8) is 0 Å². The molecular formula is C17H23N3O. The molecule has 112 valence electrons. The van der Waals surface area contributed by atoms with Gasteiger partial charge in [-0.3, -0.25) is 0 Å². The molecule has 0 bridgehead atoms. The number of anilines is 2. The van der Waals surface area contributed by atoms with E-state index in [1.165, 1.54) is 0 Å². The molecule has 1 aliphatic rings. The van der Waals surface area contributed by atoms with Gasteiger partial charge >= 0.3 is 0 Å². The summed E-state index contributed by atoms with van der Waals surface area (Å²) in [5, 5.41) is 4.61. The van der Waals surface area contributed by atoms with Crippen LogP contribution in [0.4, 0.5) is 11.5 Å². The zero-order chi connectivity index (χ0) is 15.0. The van der Waals surface area contributed by atoms with E-state index < -0.39 is 0 Å². The van der Waals surface area contributed by atoms with Gasteiger partial charge in [-0.05, 0) is 43.7 Å². The summed E-state index contributed by atoms with van der Waals surface area (Å²) in [4.78, 5) is 4.67. The van der Waals surface area contributed by atoms with E-state index in [1.54, 1.807) is 0 Å². The van der Waals surface area contributed by atoms with Crippen LogP contribution in [0.25, 0.3) is 10.9 Å². The first-order chi connectivity index (χ1) is 10.0. The molecule has 2 atom stereocenters. The number of nitrogens with two attached hydrogens (primary N) is 1. The Hall–Kier alpha value is -1.81. The molecule has 2 aromatic rings. The average molecular weight is 285 g/mol. The number of pyridine rings is 1. The largest absolute Gasteiger partial charge is 0.399 e. The van der Waals surface area contributed by atoms with Gasteiger partial charge in [-0.2, -0.15) is 0 Å². The van der Waals surface area contributed by atoms with Crippen LogP contribution in [0.1, 0.15) is 27.2 Å². The lowest BCUT2D eigenvalue weighted by Gasteiger charge is -2.51. The Morgan fingerprint density at radius 3 is 2.86 bits per heavy atom. The van der Waals surface area contributed by atoms with Crippen LogP contribution in [-0.2, 0) is 4.74 Å². The van der Waals surface area contributed by atoms with Crippen molar-refractivity contribution in [2.45, 2.75) is 39.3 Å². The Morgan fingerprint density at radius 1 is 1.33 bits per heavy atom. The predicted octanol–water partition coefficient (Wildman–Crippen LogP) is 3.43. The third-order valence-corrected chi connectivity index (χ3v) is 4.58. The first-order valence-electron chi connectivity index (χ1n) is 7.55. The van der Waals surface area contributed by atoms with Crippen LogP contribution in [0, 0.1) is 5.41 Å². The second-order valence-electron chi connectivity index (χ2n) is 6.35. The molecule has 1 aromatic heterocycles. The Kier molecular flexibility index (Phi) is 3.49. The number of nitrogen functional groups attached to an aromatic ring is 1. The molecule has 4 heteroatoms. The van der Waals surface area contributed by atoms with Crippen LogP contribution >= 0.6 is 0 Å². The first-order valence-corrected chi connectivity index (χ1v) is 7.55. The second kappa shape index (κ2) is 5.19. The normalized spacial score (nSPS) is 23.8. The maximum absolute atomic E-state index is 5.80. The van der Waals surface area contributed by atoms with Crippen LogP contribution in [0.5, 0.6) is 0 Å². The smallest absolute Gasteiger partial charge is 0.126 e. The quantitative estimate of drug-likeness (QED) is 0.845. The standard InChI is InChI=1S/C17H23N3O/c1-4-21-15-10-14(17(15,2)3)20-16-8-5-11-9-12(18)6-7-13(11)19-16/h5-9,14-15H,4,10,18H2,1-3H3,(H,19,20). The topological polar surface area (TPSA) is 60.2 Å². The molecule has 3 rings (SSSR count). The monoisotopic (exact) mass is 285 g/mol. The Balaban J connectivity index is 1.76. The summed E-state index contributed by atoms with van der Waals surface area (Å²) in [6.07, 6.45) is 1.36. The summed E-state index contributed by atoms with van der Waals surface area (Å²) in [6, 6.07) is 10.3. The highest BCUT2D eigenvalue weighted by molar-refractivity contribution is 5.83. The van der Waals surface area contributed by atoms with E-state index in [9.17, 15) is 0 Å². The minimum absolute atomic E-state index is 0.133. The molecular weight excluding hydrogens is 262 g/mol. The zero-order valence-electron chi connectivity index (χ0n) is 12.9. The summed E-state index contributed by atoms with van der Waals surface area (Å²) in [7, 11) is 0. The number of hydrogen-bond donors (Lipinski definition) is 2.